The van der Waals surface area contributed by atoms with Crippen molar-refractivity contribution < 1.29 is 23.0 Å². The molecule has 0 aliphatic heterocycles. The number of rotatable bonds is 6. The maximum atomic E-state index is 12.5. The van der Waals surface area contributed by atoms with E-state index in [1.165, 1.54) is 19.2 Å². The minimum atomic E-state index is -2.90. The number of alkyl halides is 2. The molecule has 2 rings (SSSR count). The van der Waals surface area contributed by atoms with Crippen molar-refractivity contribution in [1.82, 2.24) is 0 Å². The molecule has 0 heterocycles. The summed E-state index contributed by atoms with van der Waals surface area (Å²) in [4.78, 5) is 12.0. The van der Waals surface area contributed by atoms with E-state index < -0.39 is 12.6 Å². The monoisotopic (exact) mass is 386 g/mol. The van der Waals surface area contributed by atoms with Crippen LogP contribution in [0.3, 0.4) is 0 Å². The molecule has 0 N–H and O–H groups in total. The number of benzene rings is 2. The van der Waals surface area contributed by atoms with E-state index in [9.17, 15) is 13.6 Å². The Hall–Kier alpha value is -1.91. The van der Waals surface area contributed by atoms with Gasteiger partial charge in [0, 0.05) is 0 Å². The molecule has 6 heteroatoms. The van der Waals surface area contributed by atoms with Gasteiger partial charge in [0.05, 0.1) is 0 Å². The third-order valence-electron chi connectivity index (χ3n) is 3.14. The van der Waals surface area contributed by atoms with E-state index in [0.717, 1.165) is 4.46 Å². The second-order valence-corrected chi connectivity index (χ2v) is 6.95. The SMILES string of the molecule is COC(=O)c1c(C)cc(OC(F)F)cc1C[Se]c1ccccc1. The zero-order chi connectivity index (χ0) is 16.8. The van der Waals surface area contributed by atoms with Crippen LogP contribution in [0.25, 0.3) is 0 Å². The van der Waals surface area contributed by atoms with Crippen LogP contribution in [0, 0.1) is 6.92 Å². The molecule has 0 saturated carbocycles. The molecule has 0 aliphatic rings. The second-order valence-electron chi connectivity index (χ2n) is 4.75. The Bertz CT molecular complexity index is 675. The summed E-state index contributed by atoms with van der Waals surface area (Å²) in [7, 11) is 1.30. The van der Waals surface area contributed by atoms with E-state index >= 15 is 0 Å². The molecular weight excluding hydrogens is 369 g/mol. The number of carbonyl (C=O) groups is 1. The summed E-state index contributed by atoms with van der Waals surface area (Å²) < 4.78 is 35.3. The summed E-state index contributed by atoms with van der Waals surface area (Å²) >= 11 is 0.0694. The Labute approximate surface area is 139 Å². The summed E-state index contributed by atoms with van der Waals surface area (Å²) in [6.45, 7) is -1.21. The van der Waals surface area contributed by atoms with Gasteiger partial charge in [-0.25, -0.2) is 0 Å². The number of aryl methyl sites for hydroxylation is 1. The predicted molar refractivity (Wildman–Crippen MR) is 84.7 cm³/mol. The Balaban J connectivity index is 2.32. The Morgan fingerprint density at radius 3 is 2.52 bits per heavy atom. The predicted octanol–water partition coefficient (Wildman–Crippen LogP) is 2.91. The van der Waals surface area contributed by atoms with Gasteiger partial charge in [0.25, 0.3) is 0 Å². The molecule has 0 aromatic heterocycles. The number of halogens is 2. The van der Waals surface area contributed by atoms with E-state index in [1.54, 1.807) is 6.92 Å². The first-order valence-electron chi connectivity index (χ1n) is 6.85. The number of esters is 1. The average Bonchev–Trinajstić information content (AvgIpc) is 2.52. The topological polar surface area (TPSA) is 35.5 Å². The fraction of sp³-hybridized carbons (Fsp3) is 0.235. The molecule has 0 bridgehead atoms. The van der Waals surface area contributed by atoms with Crippen molar-refractivity contribution >= 4 is 25.4 Å². The van der Waals surface area contributed by atoms with Crippen LogP contribution in [0.15, 0.2) is 42.5 Å². The van der Waals surface area contributed by atoms with Gasteiger partial charge < -0.3 is 0 Å². The number of carbonyl (C=O) groups excluding carboxylic acids is 1. The van der Waals surface area contributed by atoms with Crippen molar-refractivity contribution in [3.8, 4) is 5.75 Å². The van der Waals surface area contributed by atoms with Gasteiger partial charge in [0.2, 0.25) is 0 Å². The molecule has 23 heavy (non-hydrogen) atoms. The molecule has 3 nitrogen and oxygen atoms in total. The zero-order valence-electron chi connectivity index (χ0n) is 12.7. The van der Waals surface area contributed by atoms with E-state index in [0.29, 0.717) is 22.0 Å². The molecule has 0 saturated heterocycles. The van der Waals surface area contributed by atoms with Crippen LogP contribution in [0.4, 0.5) is 8.78 Å². The van der Waals surface area contributed by atoms with E-state index in [4.69, 9.17) is 4.74 Å². The van der Waals surface area contributed by atoms with Crippen LogP contribution in [0.5, 0.6) is 5.75 Å². The van der Waals surface area contributed by atoms with Crippen LogP contribution in [0.1, 0.15) is 21.5 Å². The Kier molecular flexibility index (Phi) is 6.13. The molecule has 0 aliphatic carbocycles. The quantitative estimate of drug-likeness (QED) is 0.567. The van der Waals surface area contributed by atoms with Crippen LogP contribution in [-0.2, 0) is 10.1 Å². The van der Waals surface area contributed by atoms with Crippen molar-refractivity contribution in [3.63, 3.8) is 0 Å². The first kappa shape index (κ1) is 17.4. The number of ether oxygens (including phenoxy) is 2. The van der Waals surface area contributed by atoms with Crippen LogP contribution >= 0.6 is 0 Å². The van der Waals surface area contributed by atoms with Gasteiger partial charge in [-0.05, 0) is 0 Å². The standard InChI is InChI=1S/C17H16F2O3Se/c1-11-8-13(22-17(18)19)9-12(15(11)16(20)21-2)10-23-14-6-4-3-5-7-14/h3-9,17H,10H2,1-2H3. The zero-order valence-corrected chi connectivity index (χ0v) is 14.4. The molecule has 0 amide bonds. The molecule has 0 atom stereocenters. The van der Waals surface area contributed by atoms with Crippen molar-refractivity contribution in [2.75, 3.05) is 7.11 Å². The number of hydrogen-bond acceptors (Lipinski definition) is 3. The molecule has 0 fully saturated rings. The molecule has 0 unspecified atom stereocenters. The van der Waals surface area contributed by atoms with Gasteiger partial charge in [0.1, 0.15) is 0 Å². The molecule has 2 aromatic carbocycles. The van der Waals surface area contributed by atoms with Crippen molar-refractivity contribution in [1.29, 1.82) is 0 Å². The van der Waals surface area contributed by atoms with Gasteiger partial charge in [-0.15, -0.1) is 0 Å². The molecular formula is C17H16F2O3Se. The first-order chi connectivity index (χ1) is 11.0. The number of methoxy groups -OCH3 is 1. The summed E-state index contributed by atoms with van der Waals surface area (Å²) in [5.41, 5.74) is 1.65. The van der Waals surface area contributed by atoms with Crippen LogP contribution < -0.4 is 9.20 Å². The van der Waals surface area contributed by atoms with E-state index in [2.05, 4.69) is 4.74 Å². The fourth-order valence-corrected chi connectivity index (χ4v) is 4.07. The Morgan fingerprint density at radius 1 is 1.22 bits per heavy atom. The van der Waals surface area contributed by atoms with Gasteiger partial charge in [-0.3, -0.25) is 0 Å². The maximum absolute atomic E-state index is 12.5. The second kappa shape index (κ2) is 8.09. The third kappa shape index (κ3) is 4.78. The van der Waals surface area contributed by atoms with Crippen LogP contribution in [0.2, 0.25) is 0 Å². The van der Waals surface area contributed by atoms with Gasteiger partial charge >= 0.3 is 139 Å². The normalized spacial score (nSPS) is 10.7. The molecule has 0 spiro atoms. The average molecular weight is 385 g/mol. The van der Waals surface area contributed by atoms with Crippen LogP contribution in [-0.4, -0.2) is 34.6 Å². The Morgan fingerprint density at radius 2 is 1.91 bits per heavy atom. The molecule has 2 aromatic rings. The van der Waals surface area contributed by atoms with Crippen molar-refractivity contribution in [2.24, 2.45) is 0 Å². The summed E-state index contributed by atoms with van der Waals surface area (Å²) in [6, 6.07) is 12.8. The summed E-state index contributed by atoms with van der Waals surface area (Å²) in [6.07, 6.45) is 0. The van der Waals surface area contributed by atoms with Gasteiger partial charge in [0.15, 0.2) is 0 Å². The molecule has 122 valence electrons. The van der Waals surface area contributed by atoms with Crippen molar-refractivity contribution in [3.05, 3.63) is 59.2 Å². The summed E-state index contributed by atoms with van der Waals surface area (Å²) in [5.74, 6) is -0.408. The fourth-order valence-electron chi connectivity index (χ4n) is 2.18. The van der Waals surface area contributed by atoms with E-state index in [-0.39, 0.29) is 20.7 Å². The minimum absolute atomic E-state index is 0.0593. The third-order valence-corrected chi connectivity index (χ3v) is 5.37. The molecule has 0 radical (unpaired) electrons. The summed E-state index contributed by atoms with van der Waals surface area (Å²) in [5, 5.41) is 0.586. The van der Waals surface area contributed by atoms with Crippen molar-refractivity contribution in [2.45, 2.75) is 18.9 Å². The van der Waals surface area contributed by atoms with Gasteiger partial charge in [-0.2, -0.15) is 0 Å². The van der Waals surface area contributed by atoms with Gasteiger partial charge in [-0.1, -0.05) is 0 Å². The number of hydrogen-bond donors (Lipinski definition) is 0. The van der Waals surface area contributed by atoms with E-state index in [1.807, 2.05) is 30.3 Å². The first-order valence-corrected chi connectivity index (χ1v) is 8.92.